The fourth-order valence-corrected chi connectivity index (χ4v) is 6.39. The lowest BCUT2D eigenvalue weighted by Crippen LogP contribution is -2.57. The van der Waals surface area contributed by atoms with Crippen molar-refractivity contribution in [3.63, 3.8) is 0 Å². The lowest BCUT2D eigenvalue weighted by atomic mass is 9.85. The molecule has 3 aromatic rings. The third-order valence-corrected chi connectivity index (χ3v) is 9.17. The first kappa shape index (κ1) is 30.3. The van der Waals surface area contributed by atoms with Crippen molar-refractivity contribution in [3.8, 4) is 0 Å². The molecule has 1 aliphatic carbocycles. The maximum Gasteiger partial charge on any atom is 0.332 e. The van der Waals surface area contributed by atoms with Crippen molar-refractivity contribution in [2.24, 2.45) is 5.92 Å². The number of benzene rings is 3. The zero-order valence-corrected chi connectivity index (χ0v) is 25.9. The minimum absolute atomic E-state index is 0. The predicted octanol–water partition coefficient (Wildman–Crippen LogP) is 6.33. The molecule has 3 fully saturated rings. The minimum atomic E-state index is -0.899. The van der Waals surface area contributed by atoms with Crippen molar-refractivity contribution in [3.05, 3.63) is 101 Å². The number of amides is 4. The van der Waals surface area contributed by atoms with Gasteiger partial charge in [-0.1, -0.05) is 76.6 Å². The molecule has 6 rings (SSSR count). The van der Waals surface area contributed by atoms with Crippen LogP contribution in [0, 0.1) is 5.92 Å². The van der Waals surface area contributed by atoms with E-state index in [2.05, 4.69) is 38.3 Å². The van der Waals surface area contributed by atoms with Gasteiger partial charge in [0.2, 0.25) is 5.91 Å². The van der Waals surface area contributed by atoms with Crippen LogP contribution in [0.25, 0.3) is 0 Å². The van der Waals surface area contributed by atoms with Crippen LogP contribution in [0.1, 0.15) is 49.3 Å². The molecule has 9 heteroatoms. The molecule has 220 valence electrons. The molecule has 2 heterocycles. The van der Waals surface area contributed by atoms with Gasteiger partial charge >= 0.3 is 6.03 Å². The molecular weight excluding hydrogens is 616 g/mol. The molecule has 1 spiro atoms. The highest BCUT2D eigenvalue weighted by atomic mass is 79.9. The second-order valence-electron chi connectivity index (χ2n) is 11.4. The average molecular weight is 652 g/mol. The smallest absolute Gasteiger partial charge is 0.332 e. The van der Waals surface area contributed by atoms with Crippen LogP contribution in [0.15, 0.2) is 89.4 Å². The molecule has 7 nitrogen and oxygen atoms in total. The van der Waals surface area contributed by atoms with Crippen LogP contribution < -0.4 is 10.2 Å². The average Bonchev–Trinajstić information content (AvgIpc) is 3.84. The third kappa shape index (κ3) is 6.26. The highest BCUT2D eigenvalue weighted by Crippen LogP contribution is 2.41. The fraction of sp³-hybridized carbons (Fsp3) is 0.364. The summed E-state index contributed by atoms with van der Waals surface area (Å²) in [5.41, 5.74) is 1.89. The van der Waals surface area contributed by atoms with Gasteiger partial charge < -0.3 is 10.2 Å². The quantitative estimate of drug-likeness (QED) is 0.275. The van der Waals surface area contributed by atoms with Gasteiger partial charge in [0.05, 0.1) is 12.6 Å². The van der Waals surface area contributed by atoms with E-state index >= 15 is 0 Å². The van der Waals surface area contributed by atoms with Gasteiger partial charge in [-0.15, -0.1) is 12.4 Å². The Bertz CT molecular complexity index is 1390. The van der Waals surface area contributed by atoms with Crippen molar-refractivity contribution in [2.45, 2.75) is 50.2 Å². The van der Waals surface area contributed by atoms with Gasteiger partial charge in [0.15, 0.2) is 0 Å². The van der Waals surface area contributed by atoms with Gasteiger partial charge in [0.25, 0.3) is 5.91 Å². The second-order valence-corrected chi connectivity index (χ2v) is 12.3. The number of nitrogens with zero attached hydrogens (tertiary/aromatic N) is 3. The number of hydrogen-bond acceptors (Lipinski definition) is 4. The number of likely N-dealkylation sites (tertiary alicyclic amines) is 1. The van der Waals surface area contributed by atoms with Gasteiger partial charge in [-0.3, -0.25) is 19.4 Å². The predicted molar refractivity (Wildman–Crippen MR) is 169 cm³/mol. The maximum atomic E-state index is 14.1. The zero-order valence-electron chi connectivity index (χ0n) is 23.5. The number of urea groups is 1. The number of piperidine rings is 1. The van der Waals surface area contributed by atoms with Crippen molar-refractivity contribution < 1.29 is 14.4 Å². The molecule has 0 bridgehead atoms. The van der Waals surface area contributed by atoms with E-state index in [4.69, 9.17) is 0 Å². The molecule has 1 atom stereocenters. The fourth-order valence-electron chi connectivity index (χ4n) is 6.12. The summed E-state index contributed by atoms with van der Waals surface area (Å²) >= 11 is 3.46. The Hall–Kier alpha value is -3.20. The number of nitrogens with one attached hydrogen (secondary N) is 1. The van der Waals surface area contributed by atoms with Gasteiger partial charge in [0.1, 0.15) is 5.54 Å². The summed E-state index contributed by atoms with van der Waals surface area (Å²) in [6.07, 6.45) is 3.87. The van der Waals surface area contributed by atoms with E-state index in [-0.39, 0.29) is 48.8 Å². The highest BCUT2D eigenvalue weighted by Gasteiger charge is 2.58. The zero-order chi connectivity index (χ0) is 28.4. The SMILES string of the molecule is Cl.O=C(N[C@@H](CCN1CCC2(CC1)C(=O)N(Cc1ccc(Br)cc1)C(=O)N2c1ccccc1)c1ccccc1)C1CC1. The lowest BCUT2D eigenvalue weighted by Gasteiger charge is -2.42. The molecule has 42 heavy (non-hydrogen) atoms. The van der Waals surface area contributed by atoms with Crippen LogP contribution in [0.2, 0.25) is 0 Å². The summed E-state index contributed by atoms with van der Waals surface area (Å²) in [5, 5.41) is 3.28. The van der Waals surface area contributed by atoms with Gasteiger partial charge in [-0.05, 0) is 67.5 Å². The van der Waals surface area contributed by atoms with Crippen LogP contribution >= 0.6 is 28.3 Å². The van der Waals surface area contributed by atoms with Crippen LogP contribution in [0.3, 0.4) is 0 Å². The Kier molecular flexibility index (Phi) is 9.35. The third-order valence-electron chi connectivity index (χ3n) is 8.65. The summed E-state index contributed by atoms with van der Waals surface area (Å²) in [6, 6.07) is 27.2. The number of carbonyl (C=O) groups excluding carboxylic acids is 3. The molecule has 3 aromatic carbocycles. The normalized spacial score (nSPS) is 19.1. The molecule has 0 unspecified atom stereocenters. The number of carbonyl (C=O) groups is 3. The summed E-state index contributed by atoms with van der Waals surface area (Å²) in [6.45, 7) is 2.45. The Morgan fingerprint density at radius 1 is 0.905 bits per heavy atom. The number of imide groups is 1. The second kappa shape index (κ2) is 13.0. The van der Waals surface area contributed by atoms with E-state index in [1.807, 2.05) is 72.8 Å². The van der Waals surface area contributed by atoms with E-state index in [0.29, 0.717) is 25.9 Å². The molecular formula is C33H36BrClN4O3. The first-order valence-corrected chi connectivity index (χ1v) is 15.3. The topological polar surface area (TPSA) is 73.0 Å². The maximum absolute atomic E-state index is 14.1. The molecule has 0 radical (unpaired) electrons. The summed E-state index contributed by atoms with van der Waals surface area (Å²) in [4.78, 5) is 46.1. The highest BCUT2D eigenvalue weighted by molar-refractivity contribution is 9.10. The first-order chi connectivity index (χ1) is 19.9. The van der Waals surface area contributed by atoms with Crippen molar-refractivity contribution in [1.29, 1.82) is 0 Å². The number of hydrogen-bond donors (Lipinski definition) is 1. The van der Waals surface area contributed by atoms with Crippen molar-refractivity contribution >= 4 is 51.9 Å². The number of rotatable bonds is 9. The monoisotopic (exact) mass is 650 g/mol. The molecule has 1 saturated carbocycles. The molecule has 1 N–H and O–H groups in total. The van der Waals surface area contributed by atoms with E-state index in [1.165, 1.54) is 4.90 Å². The molecule has 0 aromatic heterocycles. The van der Waals surface area contributed by atoms with E-state index < -0.39 is 5.54 Å². The molecule has 3 aliphatic rings. The van der Waals surface area contributed by atoms with E-state index in [1.54, 1.807) is 4.90 Å². The number of anilines is 1. The lowest BCUT2D eigenvalue weighted by molar-refractivity contribution is -0.132. The summed E-state index contributed by atoms with van der Waals surface area (Å²) < 4.78 is 0.955. The standard InChI is InChI=1S/C33H35BrN4O3.ClH/c34-27-15-11-24(12-16-27)23-37-31(40)33(38(32(37)41)28-9-5-2-6-10-28)18-21-36(22-19-33)20-17-29(25-7-3-1-4-8-25)35-30(39)26-13-14-26;/h1-12,15-16,26,29H,13-14,17-23H2,(H,35,39);1H/t29-;/m0./s1. The number of para-hydroxylation sites is 1. The largest absolute Gasteiger partial charge is 0.349 e. The summed E-state index contributed by atoms with van der Waals surface area (Å²) in [5.74, 6) is 0.190. The van der Waals surface area contributed by atoms with Crippen molar-refractivity contribution in [2.75, 3.05) is 24.5 Å². The molecule has 4 amide bonds. The molecule has 2 saturated heterocycles. The van der Waals surface area contributed by atoms with Crippen LogP contribution in [0.5, 0.6) is 0 Å². The number of halogens is 2. The molecule has 2 aliphatic heterocycles. The Morgan fingerprint density at radius 3 is 2.14 bits per heavy atom. The van der Waals surface area contributed by atoms with E-state index in [9.17, 15) is 14.4 Å². The van der Waals surface area contributed by atoms with E-state index in [0.717, 1.165) is 47.1 Å². The van der Waals surface area contributed by atoms with Gasteiger partial charge in [-0.2, -0.15) is 0 Å². The van der Waals surface area contributed by atoms with Crippen LogP contribution in [-0.2, 0) is 16.1 Å². The van der Waals surface area contributed by atoms with Gasteiger partial charge in [0, 0.05) is 35.7 Å². The Labute approximate surface area is 261 Å². The minimum Gasteiger partial charge on any atom is -0.349 e. The Morgan fingerprint density at radius 2 is 1.52 bits per heavy atom. The van der Waals surface area contributed by atoms with Crippen molar-refractivity contribution in [1.82, 2.24) is 15.1 Å². The van der Waals surface area contributed by atoms with Crippen LogP contribution in [0.4, 0.5) is 10.5 Å². The van der Waals surface area contributed by atoms with Gasteiger partial charge in [-0.25, -0.2) is 4.79 Å². The van der Waals surface area contributed by atoms with Crippen LogP contribution in [-0.4, -0.2) is 52.8 Å². The first-order valence-electron chi connectivity index (χ1n) is 14.5. The Balaban J connectivity index is 0.00000353. The summed E-state index contributed by atoms with van der Waals surface area (Å²) in [7, 11) is 0.